The number of carbonyl (C=O) groups excluding carboxylic acids is 1. The van der Waals surface area contributed by atoms with Crippen LogP contribution in [0.1, 0.15) is 18.9 Å². The van der Waals surface area contributed by atoms with E-state index in [9.17, 15) is 4.79 Å². The number of hydrogen-bond donors (Lipinski definition) is 1. The third-order valence-corrected chi connectivity index (χ3v) is 2.47. The predicted molar refractivity (Wildman–Crippen MR) is 68.6 cm³/mol. The highest BCUT2D eigenvalue weighted by molar-refractivity contribution is 5.64. The van der Waals surface area contributed by atoms with Gasteiger partial charge in [-0.05, 0) is 12.5 Å². The zero-order valence-electron chi connectivity index (χ0n) is 10.3. The molecule has 0 aliphatic carbocycles. The second kappa shape index (κ2) is 7.36. The molecule has 1 amide bonds. The molecule has 1 aromatic carbocycles. The number of nitrogens with two attached hydrogens (primary N) is 1. The van der Waals surface area contributed by atoms with Gasteiger partial charge in [-0.1, -0.05) is 30.3 Å². The van der Waals surface area contributed by atoms with Crippen molar-refractivity contribution in [2.75, 3.05) is 0 Å². The van der Waals surface area contributed by atoms with Gasteiger partial charge in [-0.3, -0.25) is 0 Å². The average Bonchev–Trinajstić information content (AvgIpc) is 2.36. The first-order valence-electron chi connectivity index (χ1n) is 5.68. The van der Waals surface area contributed by atoms with Crippen LogP contribution in [0.3, 0.4) is 0 Å². The highest BCUT2D eigenvalue weighted by Crippen LogP contribution is 2.11. The van der Waals surface area contributed by atoms with E-state index in [0.717, 1.165) is 5.56 Å². The van der Waals surface area contributed by atoms with Crippen LogP contribution in [-0.4, -0.2) is 18.3 Å². The van der Waals surface area contributed by atoms with E-state index in [1.54, 1.807) is 6.92 Å². The minimum atomic E-state index is -0.842. The fourth-order valence-corrected chi connectivity index (χ4v) is 1.48. The van der Waals surface area contributed by atoms with E-state index in [0.29, 0.717) is 6.61 Å². The Morgan fingerprint density at radius 2 is 2.11 bits per heavy atom. The van der Waals surface area contributed by atoms with Crippen LogP contribution in [0, 0.1) is 12.3 Å². The van der Waals surface area contributed by atoms with Gasteiger partial charge >= 0.3 is 6.09 Å². The van der Waals surface area contributed by atoms with Gasteiger partial charge < -0.3 is 15.2 Å². The Morgan fingerprint density at radius 1 is 1.44 bits per heavy atom. The minimum absolute atomic E-state index is 0.277. The molecule has 1 aromatic rings. The fourth-order valence-electron chi connectivity index (χ4n) is 1.48. The second-order valence-corrected chi connectivity index (χ2v) is 3.89. The number of terminal acetylenes is 1. The van der Waals surface area contributed by atoms with E-state index in [1.807, 2.05) is 30.3 Å². The Balaban J connectivity index is 2.48. The van der Waals surface area contributed by atoms with E-state index in [2.05, 4.69) is 5.92 Å². The average molecular weight is 247 g/mol. The smallest absolute Gasteiger partial charge is 0.404 e. The highest BCUT2D eigenvalue weighted by Gasteiger charge is 2.20. The van der Waals surface area contributed by atoms with Gasteiger partial charge in [-0.15, -0.1) is 12.3 Å². The fraction of sp³-hybridized carbons (Fsp3) is 0.357. The molecule has 0 unspecified atom stereocenters. The lowest BCUT2D eigenvalue weighted by atomic mass is 10.1. The summed E-state index contributed by atoms with van der Waals surface area (Å²) in [4.78, 5) is 10.7. The van der Waals surface area contributed by atoms with E-state index < -0.39 is 12.2 Å². The summed E-state index contributed by atoms with van der Waals surface area (Å²) >= 11 is 0. The summed E-state index contributed by atoms with van der Waals surface area (Å²) < 4.78 is 10.5. The molecule has 2 N–H and O–H groups in total. The largest absolute Gasteiger partial charge is 0.443 e. The molecule has 4 heteroatoms. The van der Waals surface area contributed by atoms with Gasteiger partial charge in [-0.25, -0.2) is 4.79 Å². The number of ether oxygens (including phenoxy) is 2. The van der Waals surface area contributed by atoms with Gasteiger partial charge in [-0.2, -0.15) is 0 Å². The molecule has 0 aromatic heterocycles. The maximum absolute atomic E-state index is 10.7. The van der Waals surface area contributed by atoms with Crippen LogP contribution in [0.2, 0.25) is 0 Å². The first-order chi connectivity index (χ1) is 8.63. The summed E-state index contributed by atoms with van der Waals surface area (Å²) in [7, 11) is 0. The molecular formula is C14H17NO3. The summed E-state index contributed by atoms with van der Waals surface area (Å²) in [5, 5.41) is 0. The van der Waals surface area contributed by atoms with E-state index in [-0.39, 0.29) is 12.5 Å². The van der Waals surface area contributed by atoms with Crippen molar-refractivity contribution in [1.29, 1.82) is 0 Å². The molecule has 0 spiro atoms. The normalized spacial score (nSPS) is 13.3. The van der Waals surface area contributed by atoms with Crippen LogP contribution >= 0.6 is 0 Å². The molecule has 0 fully saturated rings. The van der Waals surface area contributed by atoms with Gasteiger partial charge in [0, 0.05) is 6.42 Å². The Kier molecular flexibility index (Phi) is 5.75. The molecule has 96 valence electrons. The highest BCUT2D eigenvalue weighted by atomic mass is 16.6. The van der Waals surface area contributed by atoms with Crippen molar-refractivity contribution in [2.24, 2.45) is 5.73 Å². The maximum Gasteiger partial charge on any atom is 0.404 e. The summed E-state index contributed by atoms with van der Waals surface area (Å²) in [6, 6.07) is 9.71. The van der Waals surface area contributed by atoms with Gasteiger partial charge in [0.1, 0.15) is 6.10 Å². The van der Waals surface area contributed by atoms with Crippen molar-refractivity contribution < 1.29 is 14.3 Å². The lowest BCUT2D eigenvalue weighted by molar-refractivity contribution is -0.0377. The number of amides is 1. The summed E-state index contributed by atoms with van der Waals surface area (Å²) in [5.41, 5.74) is 6.03. The monoisotopic (exact) mass is 247 g/mol. The summed E-state index contributed by atoms with van der Waals surface area (Å²) in [6.45, 7) is 2.24. The van der Waals surface area contributed by atoms with Crippen LogP contribution in [0.5, 0.6) is 0 Å². The molecule has 0 aliphatic heterocycles. The van der Waals surface area contributed by atoms with E-state index >= 15 is 0 Å². The first-order valence-corrected chi connectivity index (χ1v) is 5.68. The minimum Gasteiger partial charge on any atom is -0.443 e. The molecule has 1 rings (SSSR count). The van der Waals surface area contributed by atoms with Crippen LogP contribution in [0.25, 0.3) is 0 Å². The van der Waals surface area contributed by atoms with Crippen molar-refractivity contribution in [3.05, 3.63) is 35.9 Å². The van der Waals surface area contributed by atoms with Crippen LogP contribution in [0.4, 0.5) is 4.79 Å². The topological polar surface area (TPSA) is 61.5 Å². The Morgan fingerprint density at radius 3 is 2.67 bits per heavy atom. The van der Waals surface area contributed by atoms with Crippen LogP contribution in [0.15, 0.2) is 30.3 Å². The number of benzene rings is 1. The number of rotatable bonds is 6. The van der Waals surface area contributed by atoms with Gasteiger partial charge in [0.2, 0.25) is 0 Å². The maximum atomic E-state index is 10.7. The molecule has 0 saturated carbocycles. The first kappa shape index (κ1) is 14.1. The van der Waals surface area contributed by atoms with Gasteiger partial charge in [0.25, 0.3) is 0 Å². The number of hydrogen-bond acceptors (Lipinski definition) is 3. The molecule has 0 bridgehead atoms. The van der Waals surface area contributed by atoms with Crippen molar-refractivity contribution in [2.45, 2.75) is 32.2 Å². The van der Waals surface area contributed by atoms with Crippen molar-refractivity contribution >= 4 is 6.09 Å². The Hall–Kier alpha value is -1.99. The predicted octanol–water partition coefficient (Wildman–Crippen LogP) is 2.08. The molecule has 0 saturated heterocycles. The molecule has 18 heavy (non-hydrogen) atoms. The third-order valence-electron chi connectivity index (χ3n) is 2.47. The van der Waals surface area contributed by atoms with Crippen molar-refractivity contribution in [3.8, 4) is 12.3 Å². The van der Waals surface area contributed by atoms with Crippen LogP contribution in [-0.2, 0) is 16.1 Å². The lowest BCUT2D eigenvalue weighted by Crippen LogP contribution is -2.33. The van der Waals surface area contributed by atoms with Crippen LogP contribution < -0.4 is 5.73 Å². The van der Waals surface area contributed by atoms with Crippen molar-refractivity contribution in [1.82, 2.24) is 0 Å². The molecule has 0 radical (unpaired) electrons. The third kappa shape index (κ3) is 4.89. The second-order valence-electron chi connectivity index (χ2n) is 3.89. The molecule has 4 nitrogen and oxygen atoms in total. The zero-order chi connectivity index (χ0) is 13.4. The van der Waals surface area contributed by atoms with Gasteiger partial charge in [0.05, 0.1) is 12.7 Å². The standard InChI is InChI=1S/C14H17NO3/c1-3-7-13(18-14(15)16)11(2)17-10-12-8-5-4-6-9-12/h1,4-6,8-9,11,13H,7,10H2,2H3,(H2,15,16)/t11-,13-/m0/s1. The number of carbonyl (C=O) groups is 1. The SMILES string of the molecule is C#CC[C@H](OC(N)=O)[C@H](C)OCc1ccccc1. The molecule has 2 atom stereocenters. The molecule has 0 aliphatic rings. The van der Waals surface area contributed by atoms with E-state index in [1.165, 1.54) is 0 Å². The van der Waals surface area contributed by atoms with Gasteiger partial charge in [0.15, 0.2) is 0 Å². The Labute approximate surface area is 107 Å². The molecular weight excluding hydrogens is 230 g/mol. The molecule has 0 heterocycles. The van der Waals surface area contributed by atoms with Crippen molar-refractivity contribution in [3.63, 3.8) is 0 Å². The summed E-state index contributed by atoms with van der Waals surface area (Å²) in [5.74, 6) is 2.44. The lowest BCUT2D eigenvalue weighted by Gasteiger charge is -2.22. The number of primary amides is 1. The quantitative estimate of drug-likeness (QED) is 0.783. The Bertz CT molecular complexity index is 411. The summed E-state index contributed by atoms with van der Waals surface area (Å²) in [6.07, 6.45) is 3.82. The zero-order valence-corrected chi connectivity index (χ0v) is 10.3. The van der Waals surface area contributed by atoms with E-state index in [4.69, 9.17) is 21.6 Å².